The SMILES string of the molecule is CCCCN(C(=O)CN1C[C@H](c2ccc3c(c2)OCO3)C(C(=O)O)[C@@H]1CCc1cccn1C)c1ccc[n+](C)c1. The number of amides is 1. The molecule has 1 fully saturated rings. The van der Waals surface area contributed by atoms with E-state index in [1.807, 2.05) is 78.6 Å². The predicted octanol–water partition coefficient (Wildman–Crippen LogP) is 3.51. The molecule has 0 aliphatic carbocycles. The molecule has 4 heterocycles. The Morgan fingerprint density at radius 3 is 2.70 bits per heavy atom. The molecule has 3 aromatic rings. The van der Waals surface area contributed by atoms with Crippen LogP contribution in [0.2, 0.25) is 0 Å². The van der Waals surface area contributed by atoms with Crippen LogP contribution in [-0.2, 0) is 30.1 Å². The summed E-state index contributed by atoms with van der Waals surface area (Å²) in [5.41, 5.74) is 2.89. The lowest BCUT2D eigenvalue weighted by molar-refractivity contribution is -0.670. The summed E-state index contributed by atoms with van der Waals surface area (Å²) in [5.74, 6) is -0.488. The number of aromatic nitrogens is 2. The maximum atomic E-state index is 13.9. The highest BCUT2D eigenvalue weighted by molar-refractivity contribution is 5.94. The van der Waals surface area contributed by atoms with Gasteiger partial charge in [-0.25, -0.2) is 4.57 Å². The topological polar surface area (TPSA) is 88.1 Å². The van der Waals surface area contributed by atoms with Crippen LogP contribution in [-0.4, -0.2) is 58.9 Å². The van der Waals surface area contributed by atoms with Gasteiger partial charge in [-0.2, -0.15) is 0 Å². The van der Waals surface area contributed by atoms with Crippen molar-refractivity contribution in [3.05, 3.63) is 72.3 Å². The molecule has 2 aliphatic heterocycles. The average molecular weight is 548 g/mol. The number of rotatable bonds is 11. The van der Waals surface area contributed by atoms with Crippen molar-refractivity contribution >= 4 is 17.6 Å². The Hall–Kier alpha value is -3.85. The van der Waals surface area contributed by atoms with Crippen molar-refractivity contribution in [2.75, 3.05) is 31.3 Å². The summed E-state index contributed by atoms with van der Waals surface area (Å²) >= 11 is 0. The molecule has 0 bridgehead atoms. The van der Waals surface area contributed by atoms with Crippen LogP contribution in [0.3, 0.4) is 0 Å². The lowest BCUT2D eigenvalue weighted by Gasteiger charge is -2.29. The van der Waals surface area contributed by atoms with Crippen LogP contribution in [0, 0.1) is 5.92 Å². The first kappa shape index (κ1) is 27.7. The molecule has 2 aromatic heterocycles. The fourth-order valence-electron chi connectivity index (χ4n) is 6.09. The van der Waals surface area contributed by atoms with Crippen LogP contribution in [0.4, 0.5) is 5.69 Å². The lowest BCUT2D eigenvalue weighted by Crippen LogP contribution is -2.45. The van der Waals surface area contributed by atoms with Gasteiger partial charge in [0.25, 0.3) is 0 Å². The number of aryl methyl sites for hydroxylation is 3. The van der Waals surface area contributed by atoms with E-state index < -0.39 is 11.9 Å². The summed E-state index contributed by atoms with van der Waals surface area (Å²) in [6.07, 6.45) is 9.13. The number of carboxylic acid groups (broad SMARTS) is 1. The van der Waals surface area contributed by atoms with E-state index in [2.05, 4.69) is 22.5 Å². The van der Waals surface area contributed by atoms with Crippen LogP contribution < -0.4 is 18.9 Å². The smallest absolute Gasteiger partial charge is 0.308 e. The second-order valence-corrected chi connectivity index (χ2v) is 10.9. The Kier molecular flexibility index (Phi) is 8.40. The van der Waals surface area contributed by atoms with Gasteiger partial charge in [-0.3, -0.25) is 14.5 Å². The molecule has 212 valence electrons. The summed E-state index contributed by atoms with van der Waals surface area (Å²) in [6.45, 7) is 3.53. The number of nitrogens with zero attached hydrogens (tertiary/aromatic N) is 4. The minimum atomic E-state index is -0.840. The van der Waals surface area contributed by atoms with Gasteiger partial charge in [-0.1, -0.05) is 19.4 Å². The highest BCUT2D eigenvalue weighted by Gasteiger charge is 2.47. The maximum Gasteiger partial charge on any atom is 0.308 e. The fourth-order valence-corrected chi connectivity index (χ4v) is 6.09. The third-order valence-corrected chi connectivity index (χ3v) is 8.22. The second-order valence-electron chi connectivity index (χ2n) is 10.9. The summed E-state index contributed by atoms with van der Waals surface area (Å²) < 4.78 is 15.1. The zero-order valence-electron chi connectivity index (χ0n) is 23.5. The highest BCUT2D eigenvalue weighted by Crippen LogP contribution is 2.43. The van der Waals surface area contributed by atoms with Gasteiger partial charge in [0.2, 0.25) is 12.7 Å². The van der Waals surface area contributed by atoms with E-state index in [1.54, 1.807) is 0 Å². The molecule has 5 rings (SSSR count). The first-order valence-corrected chi connectivity index (χ1v) is 14.1. The maximum absolute atomic E-state index is 13.9. The molecular weight excluding hydrogens is 508 g/mol. The van der Waals surface area contributed by atoms with Crippen molar-refractivity contribution in [3.63, 3.8) is 0 Å². The first-order chi connectivity index (χ1) is 19.4. The van der Waals surface area contributed by atoms with Crippen molar-refractivity contribution in [2.24, 2.45) is 20.0 Å². The second kappa shape index (κ2) is 12.1. The molecule has 0 radical (unpaired) electrons. The zero-order valence-corrected chi connectivity index (χ0v) is 23.5. The minimum Gasteiger partial charge on any atom is -0.481 e. The molecule has 9 nitrogen and oxygen atoms in total. The third-order valence-electron chi connectivity index (χ3n) is 8.22. The summed E-state index contributed by atoms with van der Waals surface area (Å²) in [6, 6.07) is 13.4. The number of aliphatic carboxylic acids is 1. The number of fused-ring (bicyclic) bond motifs is 1. The van der Waals surface area contributed by atoms with E-state index in [0.29, 0.717) is 31.0 Å². The Morgan fingerprint density at radius 2 is 1.98 bits per heavy atom. The van der Waals surface area contributed by atoms with E-state index in [4.69, 9.17) is 9.47 Å². The molecule has 40 heavy (non-hydrogen) atoms. The summed E-state index contributed by atoms with van der Waals surface area (Å²) in [5, 5.41) is 10.5. The van der Waals surface area contributed by atoms with Crippen molar-refractivity contribution in [1.29, 1.82) is 0 Å². The molecule has 0 spiro atoms. The van der Waals surface area contributed by atoms with Crippen LogP contribution >= 0.6 is 0 Å². The number of unbranched alkanes of at least 4 members (excludes halogenated alkanes) is 1. The van der Waals surface area contributed by atoms with Gasteiger partial charge in [-0.05, 0) is 55.2 Å². The van der Waals surface area contributed by atoms with Crippen molar-refractivity contribution < 1.29 is 28.7 Å². The average Bonchev–Trinajstić information content (AvgIpc) is 3.65. The minimum absolute atomic E-state index is 0.0148. The van der Waals surface area contributed by atoms with Crippen molar-refractivity contribution in [3.8, 4) is 11.5 Å². The van der Waals surface area contributed by atoms with E-state index in [0.717, 1.165) is 36.2 Å². The lowest BCUT2D eigenvalue weighted by atomic mass is 9.83. The van der Waals surface area contributed by atoms with Crippen LogP contribution in [0.25, 0.3) is 0 Å². The van der Waals surface area contributed by atoms with Gasteiger partial charge in [0.15, 0.2) is 23.9 Å². The van der Waals surface area contributed by atoms with Gasteiger partial charge in [0.1, 0.15) is 12.7 Å². The van der Waals surface area contributed by atoms with Gasteiger partial charge in [-0.15, -0.1) is 0 Å². The largest absolute Gasteiger partial charge is 0.481 e. The molecule has 1 unspecified atom stereocenters. The van der Waals surface area contributed by atoms with Crippen molar-refractivity contribution in [2.45, 2.75) is 44.6 Å². The fraction of sp³-hybridized carbons (Fsp3) is 0.452. The summed E-state index contributed by atoms with van der Waals surface area (Å²) in [7, 11) is 3.94. The van der Waals surface area contributed by atoms with Crippen molar-refractivity contribution in [1.82, 2.24) is 9.47 Å². The number of likely N-dealkylation sites (tertiary alicyclic amines) is 1. The molecule has 1 saturated heterocycles. The van der Waals surface area contributed by atoms with Crippen LogP contribution in [0.1, 0.15) is 43.4 Å². The normalized spacial score (nSPS) is 20.1. The van der Waals surface area contributed by atoms with Gasteiger partial charge < -0.3 is 24.0 Å². The van der Waals surface area contributed by atoms with Gasteiger partial charge in [0, 0.05) is 50.1 Å². The molecular formula is C31H39N4O5+. The van der Waals surface area contributed by atoms with Gasteiger partial charge >= 0.3 is 5.97 Å². The predicted molar refractivity (Wildman–Crippen MR) is 150 cm³/mol. The molecule has 1 N–H and O–H groups in total. The first-order valence-electron chi connectivity index (χ1n) is 14.1. The number of carbonyl (C=O) groups excluding carboxylic acids is 1. The Bertz CT molecular complexity index is 1350. The number of hydrogen-bond acceptors (Lipinski definition) is 5. The monoisotopic (exact) mass is 547 g/mol. The number of pyridine rings is 1. The molecule has 1 amide bonds. The Morgan fingerprint density at radius 1 is 1.15 bits per heavy atom. The number of carbonyl (C=O) groups is 2. The van der Waals surface area contributed by atoms with E-state index in [-0.39, 0.29) is 31.2 Å². The summed E-state index contributed by atoms with van der Waals surface area (Å²) in [4.78, 5) is 30.7. The Labute approximate surface area is 235 Å². The van der Waals surface area contributed by atoms with Gasteiger partial charge in [0.05, 0.1) is 12.5 Å². The van der Waals surface area contributed by atoms with E-state index in [1.165, 1.54) is 0 Å². The van der Waals surface area contributed by atoms with Crippen LogP contribution in [0.15, 0.2) is 61.1 Å². The number of anilines is 1. The highest BCUT2D eigenvalue weighted by atomic mass is 16.7. The quantitative estimate of drug-likeness (QED) is 0.370. The molecule has 2 aliphatic rings. The molecule has 9 heteroatoms. The number of benzene rings is 1. The Balaban J connectivity index is 1.44. The van der Waals surface area contributed by atoms with E-state index >= 15 is 0 Å². The standard InChI is InChI=1S/C31H38N4O5/c1-4-5-16-35(24-9-6-14-32(2)18-24)29(36)20-34-19-25(22-10-13-27-28(17-22)40-21-39-27)30(31(37)38)26(34)12-11-23-8-7-15-33(23)3/h6-10,13-15,17-18,25-26,30H,4-5,11-12,16,19-21H2,1-3H3/p+1/t25-,26+,30?/m1/s1. The van der Waals surface area contributed by atoms with Crippen LogP contribution in [0.5, 0.6) is 11.5 Å². The zero-order chi connectivity index (χ0) is 28.2. The number of ether oxygens (including phenoxy) is 2. The van der Waals surface area contributed by atoms with E-state index in [9.17, 15) is 14.7 Å². The number of hydrogen-bond donors (Lipinski definition) is 1. The molecule has 1 aromatic carbocycles. The third kappa shape index (κ3) is 5.84. The molecule has 3 atom stereocenters. The molecule has 0 saturated carbocycles. The number of carboxylic acids is 1.